The van der Waals surface area contributed by atoms with Crippen molar-refractivity contribution in [3.8, 4) is 17.9 Å². The van der Waals surface area contributed by atoms with Crippen molar-refractivity contribution < 1.29 is 4.74 Å². The van der Waals surface area contributed by atoms with Crippen LogP contribution >= 0.6 is 0 Å². The Bertz CT molecular complexity index is 1120. The molecule has 2 aromatic carbocycles. The van der Waals surface area contributed by atoms with Crippen LogP contribution in [0.15, 0.2) is 54.7 Å². The number of aromatic nitrogens is 2. The Labute approximate surface area is 168 Å². The molecule has 0 bridgehead atoms. The topological polar surface area (TPSA) is 107 Å². The molecule has 0 radical (unpaired) electrons. The third-order valence-electron chi connectivity index (χ3n) is 4.07. The zero-order valence-electron chi connectivity index (χ0n) is 16.0. The predicted octanol–water partition coefficient (Wildman–Crippen LogP) is 4.69. The van der Waals surface area contributed by atoms with E-state index in [0.717, 1.165) is 22.5 Å². The van der Waals surface area contributed by atoms with Crippen molar-refractivity contribution in [1.82, 2.24) is 9.97 Å². The average Bonchev–Trinajstić information content (AvgIpc) is 2.74. The van der Waals surface area contributed by atoms with Gasteiger partial charge in [0, 0.05) is 18.0 Å². The molecule has 1 heterocycles. The predicted molar refractivity (Wildman–Crippen MR) is 112 cm³/mol. The Morgan fingerprint density at radius 2 is 1.86 bits per heavy atom. The molecule has 3 rings (SSSR count). The largest absolute Gasteiger partial charge is 0.495 e. The highest BCUT2D eigenvalue weighted by Crippen LogP contribution is 2.32. The number of nitriles is 2. The molecule has 1 aromatic heterocycles. The lowest BCUT2D eigenvalue weighted by Gasteiger charge is -2.15. The Balaban J connectivity index is 1.83. The van der Waals surface area contributed by atoms with E-state index < -0.39 is 0 Å². The molecule has 0 unspecified atom stereocenters. The summed E-state index contributed by atoms with van der Waals surface area (Å²) in [6, 6.07) is 16.7. The number of ether oxygens (including phenoxy) is 1. The van der Waals surface area contributed by atoms with E-state index in [4.69, 9.17) is 15.3 Å². The minimum absolute atomic E-state index is 0.421. The first-order chi connectivity index (χ1) is 14.1. The summed E-state index contributed by atoms with van der Waals surface area (Å²) in [4.78, 5) is 8.72. The zero-order chi connectivity index (χ0) is 20.6. The maximum absolute atomic E-state index is 8.89. The first-order valence-corrected chi connectivity index (χ1v) is 8.75. The lowest BCUT2D eigenvalue weighted by atomic mass is 10.1. The van der Waals surface area contributed by atoms with Crippen molar-refractivity contribution in [1.29, 1.82) is 10.5 Å². The summed E-state index contributed by atoms with van der Waals surface area (Å²) in [7, 11) is 1.59. The molecule has 29 heavy (non-hydrogen) atoms. The molecule has 2 N–H and O–H groups in total. The van der Waals surface area contributed by atoms with Crippen LogP contribution in [0.2, 0.25) is 0 Å². The number of hydrogen-bond acceptors (Lipinski definition) is 7. The molecule has 0 saturated heterocycles. The normalized spacial score (nSPS) is 10.2. The summed E-state index contributed by atoms with van der Waals surface area (Å²) < 4.78 is 5.50. The van der Waals surface area contributed by atoms with Gasteiger partial charge in [-0.05, 0) is 66.6 Å². The van der Waals surface area contributed by atoms with Crippen LogP contribution in [0, 0.1) is 29.6 Å². The van der Waals surface area contributed by atoms with Crippen LogP contribution in [0.5, 0.6) is 5.75 Å². The molecule has 0 fully saturated rings. The maximum atomic E-state index is 8.89. The van der Waals surface area contributed by atoms with Gasteiger partial charge in [-0.2, -0.15) is 15.5 Å². The van der Waals surface area contributed by atoms with Crippen molar-refractivity contribution in [3.63, 3.8) is 0 Å². The Morgan fingerprint density at radius 3 is 2.55 bits per heavy atom. The number of rotatable bonds is 6. The zero-order valence-corrected chi connectivity index (χ0v) is 16.0. The maximum Gasteiger partial charge on any atom is 0.229 e. The van der Waals surface area contributed by atoms with Crippen LogP contribution in [0.4, 0.5) is 23.1 Å². The van der Waals surface area contributed by atoms with E-state index in [1.54, 1.807) is 49.7 Å². The fourth-order valence-corrected chi connectivity index (χ4v) is 2.71. The molecule has 3 aromatic rings. The third kappa shape index (κ3) is 4.88. The molecule has 0 aliphatic carbocycles. The number of allylic oxidation sites excluding steroid dienone is 1. The fourth-order valence-electron chi connectivity index (χ4n) is 2.71. The summed E-state index contributed by atoms with van der Waals surface area (Å²) in [5.74, 6) is 1.66. The van der Waals surface area contributed by atoms with Gasteiger partial charge in [-0.1, -0.05) is 0 Å². The van der Waals surface area contributed by atoms with Crippen LogP contribution in [0.1, 0.15) is 16.7 Å². The summed E-state index contributed by atoms with van der Waals surface area (Å²) in [5.41, 5.74) is 3.97. The minimum atomic E-state index is 0.421. The van der Waals surface area contributed by atoms with Gasteiger partial charge in [0.1, 0.15) is 11.6 Å². The van der Waals surface area contributed by atoms with Crippen LogP contribution in [-0.2, 0) is 0 Å². The number of aryl methyl sites for hydroxylation is 1. The number of benzene rings is 2. The highest BCUT2D eigenvalue weighted by Gasteiger charge is 2.10. The van der Waals surface area contributed by atoms with E-state index in [1.807, 2.05) is 25.1 Å². The number of anilines is 4. The SMILES string of the molecule is COc1cc(/C=C/C#N)cc(C)c1Nc1ccnc(Nc2ccc(C#N)cc2)n1. The second kappa shape index (κ2) is 9.03. The van der Waals surface area contributed by atoms with Gasteiger partial charge in [0.2, 0.25) is 5.95 Å². The van der Waals surface area contributed by atoms with E-state index >= 15 is 0 Å². The highest BCUT2D eigenvalue weighted by atomic mass is 16.5. The van der Waals surface area contributed by atoms with Crippen molar-refractivity contribution in [2.45, 2.75) is 6.92 Å². The van der Waals surface area contributed by atoms with E-state index in [-0.39, 0.29) is 0 Å². The number of methoxy groups -OCH3 is 1. The fraction of sp³-hybridized carbons (Fsp3) is 0.0909. The quantitative estimate of drug-likeness (QED) is 0.596. The summed E-state index contributed by atoms with van der Waals surface area (Å²) in [5, 5.41) is 24.0. The van der Waals surface area contributed by atoms with Gasteiger partial charge in [-0.3, -0.25) is 0 Å². The Hall–Kier alpha value is -4.36. The van der Waals surface area contributed by atoms with Crippen LogP contribution < -0.4 is 15.4 Å². The molecule has 7 nitrogen and oxygen atoms in total. The van der Waals surface area contributed by atoms with Gasteiger partial charge in [-0.25, -0.2) is 4.98 Å². The molecule has 0 atom stereocenters. The van der Waals surface area contributed by atoms with Crippen LogP contribution in [0.25, 0.3) is 6.08 Å². The van der Waals surface area contributed by atoms with Crippen LogP contribution in [-0.4, -0.2) is 17.1 Å². The van der Waals surface area contributed by atoms with Gasteiger partial charge in [-0.15, -0.1) is 0 Å². The van der Waals surface area contributed by atoms with Crippen molar-refractivity contribution in [3.05, 3.63) is 71.4 Å². The first kappa shape index (κ1) is 19.4. The molecule has 7 heteroatoms. The number of nitrogens with zero attached hydrogens (tertiary/aromatic N) is 4. The van der Waals surface area contributed by atoms with Crippen molar-refractivity contribution >= 4 is 29.2 Å². The summed E-state index contributed by atoms with van der Waals surface area (Å²) >= 11 is 0. The summed E-state index contributed by atoms with van der Waals surface area (Å²) in [6.07, 6.45) is 4.80. The standard InChI is InChI=1S/C22H18N6O/c1-15-12-17(4-3-10-23)13-19(29-2)21(15)27-20-9-11-25-22(28-20)26-18-7-5-16(14-24)6-8-18/h3-9,11-13H,1-2H3,(H2,25,26,27,28)/b4-3+. The number of nitrogens with one attached hydrogen (secondary N) is 2. The Kier molecular flexibility index (Phi) is 6.04. The van der Waals surface area contributed by atoms with Crippen LogP contribution in [0.3, 0.4) is 0 Å². The lowest BCUT2D eigenvalue weighted by molar-refractivity contribution is 0.416. The monoisotopic (exact) mass is 382 g/mol. The molecule has 0 aliphatic rings. The van der Waals surface area contributed by atoms with Gasteiger partial charge in [0.15, 0.2) is 0 Å². The molecular formula is C22H18N6O. The van der Waals surface area contributed by atoms with Gasteiger partial charge >= 0.3 is 0 Å². The molecule has 0 amide bonds. The highest BCUT2D eigenvalue weighted by molar-refractivity contribution is 5.72. The summed E-state index contributed by atoms with van der Waals surface area (Å²) in [6.45, 7) is 1.95. The van der Waals surface area contributed by atoms with E-state index in [1.165, 1.54) is 6.08 Å². The molecule has 0 saturated carbocycles. The third-order valence-corrected chi connectivity index (χ3v) is 4.07. The molecule has 0 aliphatic heterocycles. The van der Waals surface area contributed by atoms with Gasteiger partial charge in [0.05, 0.1) is 30.5 Å². The van der Waals surface area contributed by atoms with E-state index in [0.29, 0.717) is 23.1 Å². The lowest BCUT2D eigenvalue weighted by Crippen LogP contribution is -2.03. The Morgan fingerprint density at radius 1 is 1.07 bits per heavy atom. The molecular weight excluding hydrogens is 364 g/mol. The first-order valence-electron chi connectivity index (χ1n) is 8.75. The molecule has 0 spiro atoms. The van der Waals surface area contributed by atoms with Crippen molar-refractivity contribution in [2.24, 2.45) is 0 Å². The second-order valence-electron chi connectivity index (χ2n) is 6.08. The minimum Gasteiger partial charge on any atom is -0.495 e. The van der Waals surface area contributed by atoms with E-state index in [2.05, 4.69) is 26.7 Å². The number of hydrogen-bond donors (Lipinski definition) is 2. The second-order valence-corrected chi connectivity index (χ2v) is 6.08. The van der Waals surface area contributed by atoms with E-state index in [9.17, 15) is 0 Å². The smallest absolute Gasteiger partial charge is 0.229 e. The van der Waals surface area contributed by atoms with Crippen molar-refractivity contribution in [2.75, 3.05) is 17.7 Å². The van der Waals surface area contributed by atoms with Gasteiger partial charge in [0.25, 0.3) is 0 Å². The molecule has 142 valence electrons. The van der Waals surface area contributed by atoms with Gasteiger partial charge < -0.3 is 15.4 Å². The average molecular weight is 382 g/mol.